The number of rotatable bonds is 11. The van der Waals surface area contributed by atoms with Crippen LogP contribution in [0.1, 0.15) is 38.2 Å². The molecule has 0 aliphatic rings. The Labute approximate surface area is 205 Å². The highest BCUT2D eigenvalue weighted by atomic mass is 35.5. The fourth-order valence-corrected chi connectivity index (χ4v) is 3.11. The van der Waals surface area contributed by atoms with Crippen molar-refractivity contribution in [3.63, 3.8) is 0 Å². The second-order valence-corrected chi connectivity index (χ2v) is 7.62. The van der Waals surface area contributed by atoms with Gasteiger partial charge in [0.15, 0.2) is 5.76 Å². The zero-order chi connectivity index (χ0) is 25.6. The number of benzene rings is 2. The maximum absolute atomic E-state index is 14.4. The first kappa shape index (κ1) is 27.5. The largest absolute Gasteiger partial charge is 0.494 e. The molecule has 0 unspecified atom stereocenters. The highest BCUT2D eigenvalue weighted by Gasteiger charge is 2.15. The van der Waals surface area contributed by atoms with E-state index in [1.54, 1.807) is 19.1 Å². The number of ether oxygens (including phenoxy) is 2. The summed E-state index contributed by atoms with van der Waals surface area (Å²) in [5, 5.41) is 18.4. The van der Waals surface area contributed by atoms with Gasteiger partial charge in [0.2, 0.25) is 0 Å². The van der Waals surface area contributed by atoms with Gasteiger partial charge in [0.25, 0.3) is 5.09 Å². The Hall–Kier alpha value is -3.73. The van der Waals surface area contributed by atoms with E-state index in [1.165, 1.54) is 29.5 Å². The predicted octanol–water partition coefficient (Wildman–Crippen LogP) is 5.86. The minimum Gasteiger partial charge on any atom is -0.494 e. The van der Waals surface area contributed by atoms with Gasteiger partial charge in [-0.3, -0.25) is 0 Å². The van der Waals surface area contributed by atoms with Crippen molar-refractivity contribution in [1.82, 2.24) is 14.8 Å². The molecule has 0 amide bonds. The maximum Gasteiger partial charge on any atom is 0.291 e. The molecule has 3 aromatic rings. The summed E-state index contributed by atoms with van der Waals surface area (Å²) in [6.45, 7) is 2.77. The molecule has 0 fully saturated rings. The van der Waals surface area contributed by atoms with Gasteiger partial charge in [-0.15, -0.1) is 10.1 Å². The molecule has 0 saturated carbocycles. The van der Waals surface area contributed by atoms with Crippen molar-refractivity contribution in [3.05, 3.63) is 87.5 Å². The SMILES string of the molecule is C/C(=C(/OCCCCCCOc1ccc(Cl)cc1)c1ccc(F)cc1F)n1cncn1.O=[N+]([O-])O. The lowest BCUT2D eigenvalue weighted by atomic mass is 10.1. The third kappa shape index (κ3) is 9.97. The number of unbranched alkanes of at least 4 members (excludes halogenated alkanes) is 3. The van der Waals surface area contributed by atoms with E-state index >= 15 is 0 Å². The molecule has 3 rings (SSSR count). The molecule has 1 N–H and O–H groups in total. The summed E-state index contributed by atoms with van der Waals surface area (Å²) in [4.78, 5) is 12.3. The van der Waals surface area contributed by atoms with Crippen LogP contribution in [-0.4, -0.2) is 38.3 Å². The van der Waals surface area contributed by atoms with Crippen LogP contribution >= 0.6 is 11.6 Å². The monoisotopic (exact) mass is 510 g/mol. The zero-order valence-electron chi connectivity index (χ0n) is 18.9. The Morgan fingerprint density at radius 3 is 2.37 bits per heavy atom. The zero-order valence-corrected chi connectivity index (χ0v) is 19.7. The van der Waals surface area contributed by atoms with Gasteiger partial charge in [-0.1, -0.05) is 11.6 Å². The standard InChI is InChI=1S/C23H24ClF2N3O2.HNO3/c1-17(29-16-27-15-28-29)23(21-11-8-19(25)14-22(21)26)31-13-5-3-2-4-12-30-20-9-6-18(24)7-10-20;2-1(3)4/h6-11,14-16H,2-5,12-13H2,1H3;(H,2,3,4)/b23-17-;. The molecular weight excluding hydrogens is 486 g/mol. The number of allylic oxidation sites excluding steroid dienone is 1. The first-order chi connectivity index (χ1) is 16.8. The molecule has 12 heteroatoms. The molecule has 1 aromatic heterocycles. The Balaban J connectivity index is 0.00000100. The van der Waals surface area contributed by atoms with Gasteiger partial charge in [-0.25, -0.2) is 18.4 Å². The van der Waals surface area contributed by atoms with Gasteiger partial charge >= 0.3 is 0 Å². The van der Waals surface area contributed by atoms with Gasteiger partial charge in [0, 0.05) is 11.1 Å². The van der Waals surface area contributed by atoms with Crippen LogP contribution in [0.25, 0.3) is 11.5 Å². The highest BCUT2D eigenvalue weighted by Crippen LogP contribution is 2.26. The van der Waals surface area contributed by atoms with Crippen molar-refractivity contribution >= 4 is 23.1 Å². The van der Waals surface area contributed by atoms with E-state index < -0.39 is 16.7 Å². The number of halogens is 3. The molecule has 1 heterocycles. The minimum atomic E-state index is -1.50. The maximum atomic E-state index is 14.4. The fourth-order valence-electron chi connectivity index (χ4n) is 2.99. The number of hydrogen-bond donors (Lipinski definition) is 1. The Morgan fingerprint density at radius 1 is 1.11 bits per heavy atom. The molecule has 0 aliphatic carbocycles. The average Bonchev–Trinajstić information content (AvgIpc) is 3.34. The van der Waals surface area contributed by atoms with Crippen LogP contribution < -0.4 is 4.74 Å². The van der Waals surface area contributed by atoms with E-state index in [0.717, 1.165) is 37.5 Å². The molecule has 0 bridgehead atoms. The first-order valence-corrected chi connectivity index (χ1v) is 11.0. The summed E-state index contributed by atoms with van der Waals surface area (Å²) >= 11 is 5.85. The van der Waals surface area contributed by atoms with Crippen molar-refractivity contribution in [1.29, 1.82) is 0 Å². The summed E-state index contributed by atoms with van der Waals surface area (Å²) in [6, 6.07) is 10.7. The smallest absolute Gasteiger partial charge is 0.291 e. The molecule has 0 spiro atoms. The number of nitrogens with zero attached hydrogens (tertiary/aromatic N) is 4. The molecule has 2 aromatic carbocycles. The Morgan fingerprint density at radius 2 is 1.77 bits per heavy atom. The first-order valence-electron chi connectivity index (χ1n) is 10.6. The summed E-state index contributed by atoms with van der Waals surface area (Å²) < 4.78 is 40.8. The van der Waals surface area contributed by atoms with Crippen LogP contribution in [0.2, 0.25) is 5.02 Å². The van der Waals surface area contributed by atoms with Crippen LogP contribution in [0.3, 0.4) is 0 Å². The fraction of sp³-hybridized carbons (Fsp3) is 0.304. The molecule has 9 nitrogen and oxygen atoms in total. The summed E-state index contributed by atoms with van der Waals surface area (Å²) in [5.41, 5.74) is 0.755. The van der Waals surface area contributed by atoms with Crippen molar-refractivity contribution in [3.8, 4) is 5.75 Å². The van der Waals surface area contributed by atoms with E-state index in [9.17, 15) is 8.78 Å². The molecule has 0 aliphatic heterocycles. The highest BCUT2D eigenvalue weighted by molar-refractivity contribution is 6.30. The summed E-state index contributed by atoms with van der Waals surface area (Å²) in [6.07, 6.45) is 6.50. The third-order valence-corrected chi connectivity index (χ3v) is 4.89. The van der Waals surface area contributed by atoms with Crippen LogP contribution in [-0.2, 0) is 4.74 Å². The number of aromatic nitrogens is 3. The molecular formula is C23H25ClF2N4O5. The molecule has 0 saturated heterocycles. The molecule has 0 atom stereocenters. The van der Waals surface area contributed by atoms with E-state index in [4.69, 9.17) is 36.4 Å². The van der Waals surface area contributed by atoms with Gasteiger partial charge in [0.1, 0.15) is 30.0 Å². The van der Waals surface area contributed by atoms with Crippen molar-refractivity contribution in [2.45, 2.75) is 32.6 Å². The summed E-state index contributed by atoms with van der Waals surface area (Å²) in [7, 11) is 0. The topological polar surface area (TPSA) is 113 Å². The normalized spacial score (nSPS) is 11.2. The van der Waals surface area contributed by atoms with Gasteiger partial charge in [-0.2, -0.15) is 5.10 Å². The van der Waals surface area contributed by atoms with Crippen molar-refractivity contribution in [2.24, 2.45) is 0 Å². The average molecular weight is 511 g/mol. The van der Waals surface area contributed by atoms with Gasteiger partial charge in [-0.05, 0) is 69.0 Å². The lowest BCUT2D eigenvalue weighted by molar-refractivity contribution is -0.742. The third-order valence-electron chi connectivity index (χ3n) is 4.63. The molecule has 0 radical (unpaired) electrons. The minimum absolute atomic E-state index is 0.186. The van der Waals surface area contributed by atoms with E-state index in [-0.39, 0.29) is 5.56 Å². The summed E-state index contributed by atoms with van der Waals surface area (Å²) in [5.74, 6) is -0.213. The quantitative estimate of drug-likeness (QED) is 0.149. The Kier molecular flexibility index (Phi) is 11.4. The van der Waals surface area contributed by atoms with E-state index in [1.807, 2.05) is 12.1 Å². The lowest BCUT2D eigenvalue weighted by Gasteiger charge is -2.15. The van der Waals surface area contributed by atoms with Crippen molar-refractivity contribution in [2.75, 3.05) is 13.2 Å². The molecule has 188 valence electrons. The van der Waals surface area contributed by atoms with E-state index in [0.29, 0.717) is 29.7 Å². The molecule has 35 heavy (non-hydrogen) atoms. The number of hydrogen-bond acceptors (Lipinski definition) is 6. The van der Waals surface area contributed by atoms with Crippen molar-refractivity contribution < 1.29 is 28.5 Å². The van der Waals surface area contributed by atoms with Crippen LogP contribution in [0, 0.1) is 21.7 Å². The van der Waals surface area contributed by atoms with Gasteiger partial charge in [0.05, 0.1) is 24.5 Å². The van der Waals surface area contributed by atoms with Gasteiger partial charge < -0.3 is 14.7 Å². The second-order valence-electron chi connectivity index (χ2n) is 7.18. The second kappa shape index (κ2) is 14.5. The Bertz CT molecular complexity index is 1090. The van der Waals surface area contributed by atoms with E-state index in [2.05, 4.69) is 10.1 Å². The van der Waals surface area contributed by atoms with Crippen LogP contribution in [0.15, 0.2) is 55.1 Å². The lowest BCUT2D eigenvalue weighted by Crippen LogP contribution is -2.05. The van der Waals surface area contributed by atoms with Crippen LogP contribution in [0.5, 0.6) is 5.75 Å². The van der Waals surface area contributed by atoms with Crippen LogP contribution in [0.4, 0.5) is 8.78 Å². The predicted molar refractivity (Wildman–Crippen MR) is 125 cm³/mol.